The largest absolute Gasteiger partial charge is 0.465 e. The van der Waals surface area contributed by atoms with Crippen LogP contribution in [0.3, 0.4) is 0 Å². The Kier molecular flexibility index (Phi) is 6.25. The lowest BCUT2D eigenvalue weighted by Gasteiger charge is -2.44. The van der Waals surface area contributed by atoms with E-state index in [2.05, 4.69) is 4.90 Å². The number of piperidine rings is 3. The van der Waals surface area contributed by atoms with Crippen LogP contribution in [0.15, 0.2) is 48.5 Å². The van der Waals surface area contributed by atoms with Crippen LogP contribution in [0.1, 0.15) is 28.8 Å². The topological polar surface area (TPSA) is 59.1 Å². The minimum absolute atomic E-state index is 0.0802. The van der Waals surface area contributed by atoms with Crippen LogP contribution in [0, 0.1) is 5.92 Å². The molecular formula is C23H25ClN2O4. The molecule has 6 nitrogen and oxygen atoms in total. The van der Waals surface area contributed by atoms with Gasteiger partial charge in [0, 0.05) is 17.3 Å². The second-order valence-electron chi connectivity index (χ2n) is 7.81. The fraction of sp³-hybridized carbons (Fsp3) is 0.391. The van der Waals surface area contributed by atoms with Crippen LogP contribution in [0.5, 0.6) is 0 Å². The number of hydrogen-bond donors (Lipinski definition) is 0. The van der Waals surface area contributed by atoms with E-state index >= 15 is 0 Å². The lowest BCUT2D eigenvalue weighted by atomic mass is 9.86. The Hall–Kier alpha value is -2.57. The van der Waals surface area contributed by atoms with Crippen LogP contribution in [-0.2, 0) is 16.0 Å². The molecule has 1 amide bonds. The standard InChI is InChI=1S/C23H25ClN2O4/c1-29-22(27)18-7-5-16(6-8-18)14-26(20-4-2-3-19(24)13-20)23(28)30-21-15-25-11-9-17(21)10-12-25/h2-8,13,17,21H,9-12,14-15H2,1H3/t21-/m0/s1. The van der Waals surface area contributed by atoms with Crippen LogP contribution in [0.25, 0.3) is 0 Å². The zero-order chi connectivity index (χ0) is 21.1. The predicted octanol–water partition coefficient (Wildman–Crippen LogP) is 4.36. The lowest BCUT2D eigenvalue weighted by molar-refractivity contribution is -0.0311. The highest BCUT2D eigenvalue weighted by molar-refractivity contribution is 6.30. The molecule has 0 N–H and O–H groups in total. The van der Waals surface area contributed by atoms with Crippen LogP contribution in [-0.4, -0.2) is 49.8 Å². The predicted molar refractivity (Wildman–Crippen MR) is 115 cm³/mol. The third-order valence-electron chi connectivity index (χ3n) is 5.90. The van der Waals surface area contributed by atoms with E-state index < -0.39 is 5.97 Å². The van der Waals surface area contributed by atoms with Crippen molar-refractivity contribution in [2.24, 2.45) is 5.92 Å². The van der Waals surface area contributed by atoms with Gasteiger partial charge in [-0.3, -0.25) is 9.80 Å². The first-order chi connectivity index (χ1) is 14.5. The number of amides is 1. The molecule has 0 aromatic heterocycles. The van der Waals surface area contributed by atoms with Crippen molar-refractivity contribution in [2.45, 2.75) is 25.5 Å². The zero-order valence-corrected chi connectivity index (χ0v) is 17.7. The summed E-state index contributed by atoms with van der Waals surface area (Å²) >= 11 is 6.17. The summed E-state index contributed by atoms with van der Waals surface area (Å²) in [6, 6.07) is 14.2. The Morgan fingerprint density at radius 2 is 1.87 bits per heavy atom. The van der Waals surface area contributed by atoms with Crippen molar-refractivity contribution in [3.8, 4) is 0 Å². The molecule has 0 spiro atoms. The number of methoxy groups -OCH3 is 1. The van der Waals surface area contributed by atoms with E-state index in [9.17, 15) is 9.59 Å². The van der Waals surface area contributed by atoms with E-state index in [1.165, 1.54) is 7.11 Å². The molecule has 30 heavy (non-hydrogen) atoms. The van der Waals surface area contributed by atoms with E-state index in [-0.39, 0.29) is 12.2 Å². The quantitative estimate of drug-likeness (QED) is 0.662. The number of carbonyl (C=O) groups is 2. The molecule has 3 aliphatic heterocycles. The van der Waals surface area contributed by atoms with Gasteiger partial charge in [-0.1, -0.05) is 29.8 Å². The van der Waals surface area contributed by atoms with E-state index in [0.29, 0.717) is 28.7 Å². The summed E-state index contributed by atoms with van der Waals surface area (Å²) in [7, 11) is 1.35. The van der Waals surface area contributed by atoms with Crippen molar-refractivity contribution in [3.05, 3.63) is 64.7 Å². The fourth-order valence-corrected chi connectivity index (χ4v) is 4.37. The minimum atomic E-state index is -0.394. The first kappa shape index (κ1) is 20.7. The highest BCUT2D eigenvalue weighted by Crippen LogP contribution is 2.31. The summed E-state index contributed by atoms with van der Waals surface area (Å²) < 4.78 is 10.7. The molecule has 7 heteroatoms. The fourth-order valence-electron chi connectivity index (χ4n) is 4.19. The first-order valence-electron chi connectivity index (χ1n) is 10.2. The third kappa shape index (κ3) is 4.60. The number of rotatable bonds is 5. The van der Waals surface area contributed by atoms with Gasteiger partial charge in [0.25, 0.3) is 0 Å². The SMILES string of the molecule is COC(=O)c1ccc(CN(C(=O)O[C@H]2CN3CCC2CC3)c2cccc(Cl)c2)cc1. The van der Waals surface area contributed by atoms with Gasteiger partial charge < -0.3 is 9.47 Å². The van der Waals surface area contributed by atoms with Crippen molar-refractivity contribution in [3.63, 3.8) is 0 Å². The van der Waals surface area contributed by atoms with Gasteiger partial charge in [-0.2, -0.15) is 0 Å². The molecule has 3 fully saturated rings. The molecule has 0 unspecified atom stereocenters. The van der Waals surface area contributed by atoms with Gasteiger partial charge in [0.1, 0.15) is 6.10 Å². The maximum absolute atomic E-state index is 13.2. The molecule has 158 valence electrons. The second-order valence-corrected chi connectivity index (χ2v) is 8.25. The van der Waals surface area contributed by atoms with E-state index in [1.54, 1.807) is 29.2 Å². The number of ether oxygens (including phenoxy) is 2. The number of hydrogen-bond acceptors (Lipinski definition) is 5. The average molecular weight is 429 g/mol. The van der Waals surface area contributed by atoms with Gasteiger partial charge >= 0.3 is 12.1 Å². The number of benzene rings is 2. The maximum atomic E-state index is 13.2. The van der Waals surface area contributed by atoms with Gasteiger partial charge in [0.2, 0.25) is 0 Å². The monoisotopic (exact) mass is 428 g/mol. The smallest absolute Gasteiger partial charge is 0.414 e. The van der Waals surface area contributed by atoms with Gasteiger partial charge in [0.05, 0.1) is 19.2 Å². The number of carbonyl (C=O) groups excluding carboxylic acids is 2. The molecule has 0 saturated carbocycles. The summed E-state index contributed by atoms with van der Waals surface area (Å²) in [5, 5.41) is 0.550. The Morgan fingerprint density at radius 1 is 1.13 bits per heavy atom. The van der Waals surface area contributed by atoms with E-state index in [0.717, 1.165) is 38.0 Å². The summed E-state index contributed by atoms with van der Waals surface area (Å²) in [6.07, 6.45) is 1.69. The van der Waals surface area contributed by atoms with E-state index in [4.69, 9.17) is 21.1 Å². The number of nitrogens with zero attached hydrogens (tertiary/aromatic N) is 2. The van der Waals surface area contributed by atoms with Gasteiger partial charge in [0.15, 0.2) is 0 Å². The average Bonchev–Trinajstić information content (AvgIpc) is 2.78. The van der Waals surface area contributed by atoms with Crippen molar-refractivity contribution < 1.29 is 19.1 Å². The molecule has 1 atom stereocenters. The van der Waals surface area contributed by atoms with Crippen molar-refractivity contribution in [1.82, 2.24) is 4.90 Å². The number of anilines is 1. The molecule has 0 radical (unpaired) electrons. The molecule has 2 bridgehead atoms. The van der Waals surface area contributed by atoms with Crippen LogP contribution >= 0.6 is 11.6 Å². The highest BCUT2D eigenvalue weighted by Gasteiger charge is 2.37. The molecule has 3 heterocycles. The molecule has 2 aromatic rings. The molecule has 3 saturated heterocycles. The normalized spacial score (nSPS) is 22.4. The summed E-state index contributed by atoms with van der Waals surface area (Å²) in [4.78, 5) is 28.8. The number of halogens is 1. The van der Waals surface area contributed by atoms with Crippen LogP contribution in [0.4, 0.5) is 10.5 Å². The lowest BCUT2D eigenvalue weighted by Crippen LogP contribution is -2.53. The van der Waals surface area contributed by atoms with Gasteiger partial charge in [-0.15, -0.1) is 0 Å². The van der Waals surface area contributed by atoms with Crippen LogP contribution in [0.2, 0.25) is 5.02 Å². The van der Waals surface area contributed by atoms with E-state index in [1.807, 2.05) is 24.3 Å². The molecule has 0 aliphatic carbocycles. The first-order valence-corrected chi connectivity index (χ1v) is 10.5. The summed E-state index contributed by atoms with van der Waals surface area (Å²) in [6.45, 7) is 3.28. The van der Waals surface area contributed by atoms with Crippen molar-refractivity contribution in [2.75, 3.05) is 31.6 Å². The molecule has 3 aliphatic rings. The van der Waals surface area contributed by atoms with Gasteiger partial charge in [-0.25, -0.2) is 9.59 Å². The zero-order valence-electron chi connectivity index (χ0n) is 16.9. The Morgan fingerprint density at radius 3 is 2.47 bits per heavy atom. The number of esters is 1. The molecule has 2 aromatic carbocycles. The maximum Gasteiger partial charge on any atom is 0.414 e. The van der Waals surface area contributed by atoms with Crippen molar-refractivity contribution >= 4 is 29.4 Å². The third-order valence-corrected chi connectivity index (χ3v) is 6.14. The van der Waals surface area contributed by atoms with Crippen molar-refractivity contribution in [1.29, 1.82) is 0 Å². The summed E-state index contributed by atoms with van der Waals surface area (Å²) in [5.41, 5.74) is 2.00. The van der Waals surface area contributed by atoms with Crippen LogP contribution < -0.4 is 4.90 Å². The highest BCUT2D eigenvalue weighted by atomic mass is 35.5. The molecular weight excluding hydrogens is 404 g/mol. The molecule has 5 rings (SSSR count). The Balaban J connectivity index is 1.53. The van der Waals surface area contributed by atoms with Gasteiger partial charge in [-0.05, 0) is 67.7 Å². The minimum Gasteiger partial charge on any atom is -0.465 e. The summed E-state index contributed by atoms with van der Waals surface area (Å²) in [5.74, 6) is 0.0366. The number of fused-ring (bicyclic) bond motifs is 3. The second kappa shape index (κ2) is 9.06. The Bertz CT molecular complexity index is 910. The Labute approximate surface area is 181 Å².